The van der Waals surface area contributed by atoms with E-state index in [0.717, 1.165) is 5.56 Å². The Balaban J connectivity index is 0.00000112. The average molecular weight is 268 g/mol. The third-order valence-electron chi connectivity index (χ3n) is 2.42. The Morgan fingerprint density at radius 3 is 2.73 bits per heavy atom. The molecule has 0 bridgehead atoms. The van der Waals surface area contributed by atoms with Crippen LogP contribution in [0.25, 0.3) is 0 Å². The van der Waals surface area contributed by atoms with Crippen LogP contribution in [-0.4, -0.2) is 21.2 Å². The van der Waals surface area contributed by atoms with Crippen LogP contribution < -0.4 is 5.32 Å². The number of sulfone groups is 1. The molecule has 1 aromatic rings. The summed E-state index contributed by atoms with van der Waals surface area (Å²) in [6.45, 7) is 0. The highest BCUT2D eigenvalue weighted by Gasteiger charge is 2.33. The van der Waals surface area contributed by atoms with Crippen molar-refractivity contribution in [2.75, 3.05) is 12.8 Å². The predicted octanol–water partition coefficient (Wildman–Crippen LogP) is 1.81. The fraction of sp³-hybridized carbons (Fsp3) is 0.333. The number of halogens is 2. The Labute approximate surface area is 100 Å². The van der Waals surface area contributed by atoms with E-state index in [1.165, 1.54) is 0 Å². The van der Waals surface area contributed by atoms with Crippen molar-refractivity contribution in [3.8, 4) is 0 Å². The van der Waals surface area contributed by atoms with Gasteiger partial charge in [0.15, 0.2) is 9.84 Å². The molecule has 1 aromatic carbocycles. The Morgan fingerprint density at radius 2 is 2.13 bits per heavy atom. The maximum atomic E-state index is 11.7. The van der Waals surface area contributed by atoms with Crippen molar-refractivity contribution in [3.05, 3.63) is 28.8 Å². The van der Waals surface area contributed by atoms with Crippen LogP contribution in [0, 0.1) is 0 Å². The average Bonchev–Trinajstić information content (AvgIpc) is 2.37. The van der Waals surface area contributed by atoms with Gasteiger partial charge in [-0.2, -0.15) is 0 Å². The zero-order valence-electron chi connectivity index (χ0n) is 8.03. The minimum Gasteiger partial charge on any atom is -0.312 e. The van der Waals surface area contributed by atoms with Crippen LogP contribution in [0.15, 0.2) is 23.1 Å². The summed E-state index contributed by atoms with van der Waals surface area (Å²) < 4.78 is 23.3. The topological polar surface area (TPSA) is 46.2 Å². The lowest BCUT2D eigenvalue weighted by Gasteiger charge is -2.07. The summed E-state index contributed by atoms with van der Waals surface area (Å²) in [6.07, 6.45) is 0. The van der Waals surface area contributed by atoms with Gasteiger partial charge in [-0.15, -0.1) is 12.4 Å². The molecular formula is C9H11Cl2NO2S. The molecule has 0 aromatic heterocycles. The molecule has 0 fully saturated rings. The highest BCUT2D eigenvalue weighted by Crippen LogP contribution is 2.34. The van der Waals surface area contributed by atoms with E-state index in [1.807, 2.05) is 0 Å². The van der Waals surface area contributed by atoms with Gasteiger partial charge in [-0.3, -0.25) is 0 Å². The molecule has 15 heavy (non-hydrogen) atoms. The summed E-state index contributed by atoms with van der Waals surface area (Å²) in [7, 11) is -1.36. The lowest BCUT2D eigenvalue weighted by Crippen LogP contribution is -2.17. The van der Waals surface area contributed by atoms with Gasteiger partial charge in [0.2, 0.25) is 0 Å². The molecule has 84 valence electrons. The van der Waals surface area contributed by atoms with Crippen molar-refractivity contribution in [3.63, 3.8) is 0 Å². The smallest absolute Gasteiger partial charge is 0.180 e. The largest absolute Gasteiger partial charge is 0.312 e. The Morgan fingerprint density at radius 1 is 1.47 bits per heavy atom. The van der Waals surface area contributed by atoms with Crippen LogP contribution in [0.5, 0.6) is 0 Å². The first-order valence-electron chi connectivity index (χ1n) is 4.24. The van der Waals surface area contributed by atoms with Gasteiger partial charge in [-0.25, -0.2) is 8.42 Å². The number of rotatable bonds is 1. The molecule has 0 spiro atoms. The van der Waals surface area contributed by atoms with Crippen molar-refractivity contribution >= 4 is 33.8 Å². The number of benzene rings is 1. The van der Waals surface area contributed by atoms with Gasteiger partial charge in [-0.05, 0) is 30.8 Å². The summed E-state index contributed by atoms with van der Waals surface area (Å²) in [5, 5.41) is 3.54. The lowest BCUT2D eigenvalue weighted by atomic mass is 10.1. The number of hydrogen-bond acceptors (Lipinski definition) is 3. The van der Waals surface area contributed by atoms with Crippen LogP contribution in [-0.2, 0) is 9.84 Å². The predicted molar refractivity (Wildman–Crippen MR) is 62.6 cm³/mol. The maximum absolute atomic E-state index is 11.7. The summed E-state index contributed by atoms with van der Waals surface area (Å²) in [5.41, 5.74) is 0.778. The molecule has 1 aliphatic heterocycles. The summed E-state index contributed by atoms with van der Waals surface area (Å²) in [6, 6.07) is 4.76. The second-order valence-electron chi connectivity index (χ2n) is 3.30. The van der Waals surface area contributed by atoms with E-state index < -0.39 is 9.84 Å². The summed E-state index contributed by atoms with van der Waals surface area (Å²) in [4.78, 5) is 0.404. The van der Waals surface area contributed by atoms with E-state index >= 15 is 0 Å². The first kappa shape index (κ1) is 12.8. The number of fused-ring (bicyclic) bond motifs is 1. The van der Waals surface area contributed by atoms with Gasteiger partial charge in [-0.1, -0.05) is 11.6 Å². The van der Waals surface area contributed by atoms with E-state index in [0.29, 0.717) is 9.92 Å². The minimum absolute atomic E-state index is 0. The molecule has 0 amide bonds. The number of nitrogens with one attached hydrogen (secondary N) is 1. The normalized spacial score (nSPS) is 21.9. The zero-order valence-corrected chi connectivity index (χ0v) is 10.4. The highest BCUT2D eigenvalue weighted by molar-refractivity contribution is 7.91. The van der Waals surface area contributed by atoms with E-state index in [4.69, 9.17) is 11.6 Å². The molecule has 1 unspecified atom stereocenters. The van der Waals surface area contributed by atoms with Gasteiger partial charge < -0.3 is 5.32 Å². The molecule has 6 heteroatoms. The van der Waals surface area contributed by atoms with Crippen LogP contribution in [0.4, 0.5) is 0 Å². The molecular weight excluding hydrogens is 257 g/mol. The van der Waals surface area contributed by atoms with Crippen molar-refractivity contribution in [1.82, 2.24) is 5.32 Å². The molecule has 1 N–H and O–H groups in total. The molecule has 2 rings (SSSR count). The SMILES string of the molecule is CNC1CS(=O)(=O)c2ccc(Cl)cc21.Cl. The number of hydrogen-bond donors (Lipinski definition) is 1. The van der Waals surface area contributed by atoms with Crippen molar-refractivity contribution in [2.24, 2.45) is 0 Å². The fourth-order valence-electron chi connectivity index (χ4n) is 1.71. The zero-order chi connectivity index (χ0) is 10.3. The van der Waals surface area contributed by atoms with Gasteiger partial charge in [0.1, 0.15) is 0 Å². The van der Waals surface area contributed by atoms with E-state index in [9.17, 15) is 8.42 Å². The molecule has 1 heterocycles. The van der Waals surface area contributed by atoms with E-state index in [1.54, 1.807) is 25.2 Å². The molecule has 0 saturated carbocycles. The lowest BCUT2D eigenvalue weighted by molar-refractivity contribution is 0.591. The standard InChI is InChI=1S/C9H10ClNO2S.ClH/c1-11-8-5-14(12,13)9-3-2-6(10)4-7(8)9;/h2-4,8,11H,5H2,1H3;1H. The Hall–Kier alpha value is -0.290. The van der Waals surface area contributed by atoms with Gasteiger partial charge >= 0.3 is 0 Å². The second kappa shape index (κ2) is 4.29. The molecule has 1 aliphatic rings. The van der Waals surface area contributed by atoms with Gasteiger partial charge in [0, 0.05) is 11.1 Å². The Kier molecular flexibility index (Phi) is 3.66. The molecule has 0 aliphatic carbocycles. The van der Waals surface area contributed by atoms with Crippen LogP contribution in [0.2, 0.25) is 5.02 Å². The van der Waals surface area contributed by atoms with Crippen LogP contribution in [0.1, 0.15) is 11.6 Å². The van der Waals surface area contributed by atoms with E-state index in [2.05, 4.69) is 5.32 Å². The second-order valence-corrected chi connectivity index (χ2v) is 5.74. The highest BCUT2D eigenvalue weighted by atomic mass is 35.5. The monoisotopic (exact) mass is 267 g/mol. The van der Waals surface area contributed by atoms with E-state index in [-0.39, 0.29) is 24.2 Å². The molecule has 0 radical (unpaired) electrons. The quantitative estimate of drug-likeness (QED) is 0.845. The molecule has 3 nitrogen and oxygen atoms in total. The van der Waals surface area contributed by atoms with Crippen molar-refractivity contribution in [1.29, 1.82) is 0 Å². The van der Waals surface area contributed by atoms with Gasteiger partial charge in [0.05, 0.1) is 10.6 Å². The minimum atomic E-state index is -3.10. The van der Waals surface area contributed by atoms with Crippen molar-refractivity contribution < 1.29 is 8.42 Å². The maximum Gasteiger partial charge on any atom is 0.180 e. The third kappa shape index (κ3) is 2.13. The first-order valence-corrected chi connectivity index (χ1v) is 6.27. The first-order chi connectivity index (χ1) is 6.54. The molecule has 1 atom stereocenters. The van der Waals surface area contributed by atoms with Crippen LogP contribution in [0.3, 0.4) is 0 Å². The summed E-state index contributed by atoms with van der Waals surface area (Å²) >= 11 is 5.82. The Bertz CT molecular complexity index is 473. The van der Waals surface area contributed by atoms with Crippen molar-refractivity contribution in [2.45, 2.75) is 10.9 Å². The van der Waals surface area contributed by atoms with Crippen LogP contribution >= 0.6 is 24.0 Å². The third-order valence-corrected chi connectivity index (χ3v) is 4.47. The fourth-order valence-corrected chi connectivity index (χ4v) is 3.69. The van der Waals surface area contributed by atoms with Gasteiger partial charge in [0.25, 0.3) is 0 Å². The molecule has 0 saturated heterocycles. The summed E-state index contributed by atoms with van der Waals surface area (Å²) in [5.74, 6) is 0.124.